The summed E-state index contributed by atoms with van der Waals surface area (Å²) in [6.45, 7) is 0. The molecule has 1 aliphatic rings. The fraction of sp³-hybridized carbons (Fsp3) is 0.857. The van der Waals surface area contributed by atoms with Gasteiger partial charge < -0.3 is 15.6 Å². The van der Waals surface area contributed by atoms with Crippen molar-refractivity contribution in [3.05, 3.63) is 0 Å². The number of esters is 1. The highest BCUT2D eigenvalue weighted by Crippen LogP contribution is 2.43. The lowest BCUT2D eigenvalue weighted by Crippen LogP contribution is -2.32. The number of hydrogen-bond acceptors (Lipinski definition) is 4. The summed E-state index contributed by atoms with van der Waals surface area (Å²) >= 11 is 0. The van der Waals surface area contributed by atoms with Gasteiger partial charge in [-0.2, -0.15) is 0 Å². The van der Waals surface area contributed by atoms with Crippen molar-refractivity contribution < 1.29 is 19.4 Å². The van der Waals surface area contributed by atoms with Crippen LogP contribution in [0, 0.1) is 5.41 Å². The van der Waals surface area contributed by atoms with Crippen LogP contribution < -0.4 is 5.73 Å². The number of carbonyl (C=O) groups excluding carboxylic acids is 1. The Hall–Kier alpha value is -1.10. The first-order valence-electron chi connectivity index (χ1n) is 7.04. The van der Waals surface area contributed by atoms with Crippen molar-refractivity contribution in [2.75, 3.05) is 7.11 Å². The molecule has 0 aromatic heterocycles. The van der Waals surface area contributed by atoms with E-state index in [1.807, 2.05) is 0 Å². The Labute approximate surface area is 114 Å². The number of hydrogen-bond donors (Lipinski definition) is 2. The van der Waals surface area contributed by atoms with Crippen LogP contribution in [0.1, 0.15) is 57.8 Å². The minimum atomic E-state index is -0.953. The van der Waals surface area contributed by atoms with Gasteiger partial charge in [0.15, 0.2) is 0 Å². The van der Waals surface area contributed by atoms with Crippen molar-refractivity contribution in [2.24, 2.45) is 11.1 Å². The molecule has 5 nitrogen and oxygen atoms in total. The fourth-order valence-corrected chi connectivity index (χ4v) is 3.02. The average molecular weight is 271 g/mol. The summed E-state index contributed by atoms with van der Waals surface area (Å²) in [6, 6.07) is -0.793. The maximum Gasteiger partial charge on any atom is 0.320 e. The molecule has 5 heteroatoms. The SMILES string of the molecule is COC(=O)CC1(CCCC(N)C(=O)O)CCCCC1. The maximum atomic E-state index is 11.5. The molecule has 1 rings (SSSR count). The molecular weight excluding hydrogens is 246 g/mol. The quantitative estimate of drug-likeness (QED) is 0.692. The average Bonchev–Trinajstić information content (AvgIpc) is 2.39. The molecule has 0 aromatic carbocycles. The van der Waals surface area contributed by atoms with Gasteiger partial charge in [-0.05, 0) is 31.1 Å². The van der Waals surface area contributed by atoms with E-state index in [9.17, 15) is 9.59 Å². The first kappa shape index (κ1) is 16.0. The van der Waals surface area contributed by atoms with E-state index in [0.29, 0.717) is 12.8 Å². The van der Waals surface area contributed by atoms with E-state index >= 15 is 0 Å². The lowest BCUT2D eigenvalue weighted by Gasteiger charge is -2.36. The van der Waals surface area contributed by atoms with Crippen LogP contribution in [0.2, 0.25) is 0 Å². The van der Waals surface area contributed by atoms with Crippen molar-refractivity contribution >= 4 is 11.9 Å². The summed E-state index contributed by atoms with van der Waals surface area (Å²) in [4.78, 5) is 22.2. The topological polar surface area (TPSA) is 89.6 Å². The summed E-state index contributed by atoms with van der Waals surface area (Å²) in [7, 11) is 1.42. The van der Waals surface area contributed by atoms with Crippen LogP contribution in [0.5, 0.6) is 0 Å². The molecule has 1 aliphatic carbocycles. The highest BCUT2D eigenvalue weighted by atomic mass is 16.5. The summed E-state index contributed by atoms with van der Waals surface area (Å²) in [5, 5.41) is 8.77. The van der Waals surface area contributed by atoms with Gasteiger partial charge in [0.25, 0.3) is 0 Å². The van der Waals surface area contributed by atoms with Gasteiger partial charge in [0.1, 0.15) is 6.04 Å². The Morgan fingerprint density at radius 2 is 1.95 bits per heavy atom. The zero-order valence-electron chi connectivity index (χ0n) is 11.7. The minimum Gasteiger partial charge on any atom is -0.480 e. The van der Waals surface area contributed by atoms with Gasteiger partial charge in [-0.15, -0.1) is 0 Å². The van der Waals surface area contributed by atoms with E-state index in [1.165, 1.54) is 13.5 Å². The van der Waals surface area contributed by atoms with Gasteiger partial charge in [-0.25, -0.2) is 0 Å². The second-order valence-corrected chi connectivity index (χ2v) is 5.65. The van der Waals surface area contributed by atoms with Gasteiger partial charge in [0.05, 0.1) is 13.5 Å². The third-order valence-corrected chi connectivity index (χ3v) is 4.20. The Balaban J connectivity index is 2.49. The van der Waals surface area contributed by atoms with Crippen LogP contribution in [-0.4, -0.2) is 30.2 Å². The molecule has 3 N–H and O–H groups in total. The van der Waals surface area contributed by atoms with Crippen molar-refractivity contribution in [1.82, 2.24) is 0 Å². The number of rotatable bonds is 7. The Kier molecular flexibility index (Phi) is 6.28. The standard InChI is InChI=1S/C14H25NO4/c1-19-12(16)10-14(7-3-2-4-8-14)9-5-6-11(15)13(17)18/h11H,2-10,15H2,1H3,(H,17,18). The highest BCUT2D eigenvalue weighted by Gasteiger charge is 2.34. The van der Waals surface area contributed by atoms with E-state index in [1.54, 1.807) is 0 Å². The summed E-state index contributed by atoms with van der Waals surface area (Å²) in [5.41, 5.74) is 5.52. The Morgan fingerprint density at radius 3 is 2.47 bits per heavy atom. The van der Waals surface area contributed by atoms with Crippen molar-refractivity contribution in [3.63, 3.8) is 0 Å². The third kappa shape index (κ3) is 5.19. The van der Waals surface area contributed by atoms with Crippen molar-refractivity contribution in [2.45, 2.75) is 63.8 Å². The summed E-state index contributed by atoms with van der Waals surface area (Å²) in [5.74, 6) is -1.12. The number of carbonyl (C=O) groups is 2. The highest BCUT2D eigenvalue weighted by molar-refractivity contribution is 5.73. The molecule has 0 saturated heterocycles. The van der Waals surface area contributed by atoms with Gasteiger partial charge in [0.2, 0.25) is 0 Å². The molecule has 110 valence electrons. The molecular formula is C14H25NO4. The number of carboxylic acids is 1. The second-order valence-electron chi connectivity index (χ2n) is 5.65. The molecule has 0 bridgehead atoms. The predicted molar refractivity (Wildman–Crippen MR) is 71.6 cm³/mol. The molecule has 0 radical (unpaired) electrons. The second kappa shape index (κ2) is 7.48. The number of methoxy groups -OCH3 is 1. The molecule has 0 amide bonds. The minimum absolute atomic E-state index is 0.00354. The lowest BCUT2D eigenvalue weighted by atomic mass is 9.69. The number of nitrogens with two attached hydrogens (primary N) is 1. The van der Waals surface area contributed by atoms with E-state index in [-0.39, 0.29) is 11.4 Å². The fourth-order valence-electron chi connectivity index (χ4n) is 3.02. The van der Waals surface area contributed by atoms with Crippen molar-refractivity contribution in [1.29, 1.82) is 0 Å². The largest absolute Gasteiger partial charge is 0.480 e. The maximum absolute atomic E-state index is 11.5. The lowest BCUT2D eigenvalue weighted by molar-refractivity contribution is -0.144. The van der Waals surface area contributed by atoms with Crippen LogP contribution in [0.25, 0.3) is 0 Å². The molecule has 1 fully saturated rings. The molecule has 0 aromatic rings. The van der Waals surface area contributed by atoms with E-state index < -0.39 is 12.0 Å². The zero-order chi connectivity index (χ0) is 14.3. The smallest absolute Gasteiger partial charge is 0.320 e. The molecule has 19 heavy (non-hydrogen) atoms. The van der Waals surface area contributed by atoms with Crippen molar-refractivity contribution in [3.8, 4) is 0 Å². The first-order chi connectivity index (χ1) is 8.99. The first-order valence-corrected chi connectivity index (χ1v) is 7.04. The Morgan fingerprint density at radius 1 is 1.32 bits per heavy atom. The van der Waals surface area contributed by atoms with E-state index in [2.05, 4.69) is 0 Å². The molecule has 0 aliphatic heterocycles. The zero-order valence-corrected chi connectivity index (χ0v) is 11.7. The summed E-state index contributed by atoms with van der Waals surface area (Å²) < 4.78 is 4.79. The normalized spacial score (nSPS) is 19.7. The number of ether oxygens (including phenoxy) is 1. The van der Waals surface area contributed by atoms with Crippen LogP contribution in [0.4, 0.5) is 0 Å². The predicted octanol–water partition coefficient (Wildman–Crippen LogP) is 2.08. The molecule has 0 spiro atoms. The van der Waals surface area contributed by atoms with Crippen LogP contribution in [-0.2, 0) is 14.3 Å². The van der Waals surface area contributed by atoms with Gasteiger partial charge in [-0.3, -0.25) is 9.59 Å². The molecule has 1 unspecified atom stereocenters. The van der Waals surface area contributed by atoms with Crippen LogP contribution in [0.15, 0.2) is 0 Å². The number of carboxylic acid groups (broad SMARTS) is 1. The van der Waals surface area contributed by atoms with Crippen LogP contribution >= 0.6 is 0 Å². The molecule has 0 heterocycles. The summed E-state index contributed by atoms with van der Waals surface area (Å²) in [6.07, 6.45) is 8.11. The van der Waals surface area contributed by atoms with Gasteiger partial charge >= 0.3 is 11.9 Å². The van der Waals surface area contributed by atoms with E-state index in [0.717, 1.165) is 38.5 Å². The molecule has 1 atom stereocenters. The van der Waals surface area contributed by atoms with E-state index in [4.69, 9.17) is 15.6 Å². The van der Waals surface area contributed by atoms with Gasteiger partial charge in [-0.1, -0.05) is 25.7 Å². The van der Waals surface area contributed by atoms with Crippen LogP contribution in [0.3, 0.4) is 0 Å². The molecule has 1 saturated carbocycles. The Bertz CT molecular complexity index is 311. The number of aliphatic carboxylic acids is 1. The third-order valence-electron chi connectivity index (χ3n) is 4.20. The monoisotopic (exact) mass is 271 g/mol. The van der Waals surface area contributed by atoms with Gasteiger partial charge in [0, 0.05) is 0 Å².